The van der Waals surface area contributed by atoms with Gasteiger partial charge in [-0.3, -0.25) is 4.79 Å². The Bertz CT molecular complexity index is 343. The van der Waals surface area contributed by atoms with E-state index in [0.717, 1.165) is 25.7 Å². The molecule has 0 unspecified atom stereocenters. The second kappa shape index (κ2) is 5.15. The number of benzene rings is 1. The van der Waals surface area contributed by atoms with Crippen molar-refractivity contribution in [3.8, 4) is 0 Å². The Labute approximate surface area is 97.1 Å². The predicted octanol–water partition coefficient (Wildman–Crippen LogP) is 2.53. The maximum atomic E-state index is 11.7. The average molecular weight is 217 g/mol. The molecule has 0 radical (unpaired) electrons. The van der Waals surface area contributed by atoms with Gasteiger partial charge in [0.15, 0.2) is 0 Å². The number of hydrogen-bond donors (Lipinski definition) is 1. The maximum absolute atomic E-state index is 11.7. The van der Waals surface area contributed by atoms with Crippen molar-refractivity contribution in [3.05, 3.63) is 35.9 Å². The third-order valence-corrected chi connectivity index (χ3v) is 3.11. The molecule has 1 fully saturated rings. The van der Waals surface area contributed by atoms with Crippen molar-refractivity contribution in [1.29, 1.82) is 0 Å². The topological polar surface area (TPSA) is 29.1 Å². The van der Waals surface area contributed by atoms with Crippen LogP contribution in [-0.2, 0) is 11.2 Å². The minimum atomic E-state index is 0.253. The van der Waals surface area contributed by atoms with Gasteiger partial charge in [0, 0.05) is 12.0 Å². The van der Waals surface area contributed by atoms with Crippen LogP contribution in [0.3, 0.4) is 0 Å². The first-order chi connectivity index (χ1) is 7.79. The van der Waals surface area contributed by atoms with Crippen LogP contribution >= 0.6 is 0 Å². The zero-order valence-electron chi connectivity index (χ0n) is 9.78. The predicted molar refractivity (Wildman–Crippen MR) is 65.1 cm³/mol. The third kappa shape index (κ3) is 3.09. The third-order valence-electron chi connectivity index (χ3n) is 3.11. The van der Waals surface area contributed by atoms with Crippen molar-refractivity contribution in [2.75, 3.05) is 0 Å². The van der Waals surface area contributed by atoms with Gasteiger partial charge in [0.2, 0.25) is 5.91 Å². The molecule has 1 saturated carbocycles. The van der Waals surface area contributed by atoms with Crippen molar-refractivity contribution >= 4 is 5.91 Å². The van der Waals surface area contributed by atoms with Crippen LogP contribution in [0.25, 0.3) is 0 Å². The summed E-state index contributed by atoms with van der Waals surface area (Å²) < 4.78 is 0. The van der Waals surface area contributed by atoms with E-state index in [1.54, 1.807) is 0 Å². The van der Waals surface area contributed by atoms with Gasteiger partial charge < -0.3 is 5.32 Å². The molecule has 2 nitrogen and oxygen atoms in total. The van der Waals surface area contributed by atoms with Crippen molar-refractivity contribution in [1.82, 2.24) is 5.32 Å². The van der Waals surface area contributed by atoms with E-state index in [1.807, 2.05) is 18.2 Å². The first kappa shape index (κ1) is 11.2. The Balaban J connectivity index is 1.87. The summed E-state index contributed by atoms with van der Waals surface area (Å²) in [5.41, 5.74) is 1.30. The highest BCUT2D eigenvalue weighted by Gasteiger charge is 2.30. The van der Waals surface area contributed by atoms with Crippen LogP contribution in [0, 0.1) is 5.92 Å². The molecule has 1 aliphatic carbocycles. The summed E-state index contributed by atoms with van der Waals surface area (Å²) in [5.74, 6) is 0.563. The maximum Gasteiger partial charge on any atom is 0.223 e. The second-order valence-electron chi connectivity index (χ2n) is 4.58. The van der Waals surface area contributed by atoms with E-state index in [1.165, 1.54) is 5.56 Å². The monoisotopic (exact) mass is 217 g/mol. The van der Waals surface area contributed by atoms with Crippen molar-refractivity contribution < 1.29 is 4.79 Å². The van der Waals surface area contributed by atoms with Crippen LogP contribution in [-0.4, -0.2) is 11.9 Å². The lowest BCUT2D eigenvalue weighted by molar-refractivity contribution is -0.123. The number of carbonyl (C=O) groups is 1. The van der Waals surface area contributed by atoms with Gasteiger partial charge >= 0.3 is 0 Å². The molecule has 1 amide bonds. The molecule has 1 aromatic carbocycles. The van der Waals surface area contributed by atoms with Gasteiger partial charge in [-0.2, -0.15) is 0 Å². The molecular weight excluding hydrogens is 198 g/mol. The fourth-order valence-corrected chi connectivity index (χ4v) is 1.86. The van der Waals surface area contributed by atoms with Crippen LogP contribution in [0.4, 0.5) is 0 Å². The van der Waals surface area contributed by atoms with Gasteiger partial charge in [0.05, 0.1) is 0 Å². The summed E-state index contributed by atoms with van der Waals surface area (Å²) in [5, 5.41) is 3.14. The summed E-state index contributed by atoms with van der Waals surface area (Å²) in [6.07, 6.45) is 4.09. The van der Waals surface area contributed by atoms with Crippen molar-refractivity contribution in [2.45, 2.75) is 38.6 Å². The van der Waals surface area contributed by atoms with Gasteiger partial charge in [-0.05, 0) is 31.2 Å². The molecule has 86 valence electrons. The molecule has 16 heavy (non-hydrogen) atoms. The van der Waals surface area contributed by atoms with Crippen LogP contribution < -0.4 is 5.32 Å². The van der Waals surface area contributed by atoms with E-state index in [2.05, 4.69) is 24.4 Å². The molecule has 0 heterocycles. The van der Waals surface area contributed by atoms with Crippen LogP contribution in [0.2, 0.25) is 0 Å². The zero-order chi connectivity index (χ0) is 11.4. The van der Waals surface area contributed by atoms with Crippen LogP contribution in [0.1, 0.15) is 31.7 Å². The molecule has 1 atom stereocenters. The first-order valence-electron chi connectivity index (χ1n) is 6.14. The number of carbonyl (C=O) groups excluding carboxylic acids is 1. The summed E-state index contributed by atoms with van der Waals surface area (Å²) in [4.78, 5) is 11.7. The number of rotatable bonds is 5. The molecule has 1 aliphatic rings. The second-order valence-corrected chi connectivity index (χ2v) is 4.58. The largest absolute Gasteiger partial charge is 0.353 e. The summed E-state index contributed by atoms with van der Waals surface area (Å²) in [6, 6.07) is 10.6. The van der Waals surface area contributed by atoms with Gasteiger partial charge in [0.25, 0.3) is 0 Å². The van der Waals surface area contributed by atoms with E-state index >= 15 is 0 Å². The highest BCUT2D eigenvalue weighted by Crippen LogP contribution is 2.29. The number of amides is 1. The minimum Gasteiger partial charge on any atom is -0.353 e. The van der Waals surface area contributed by atoms with Crippen LogP contribution in [0.5, 0.6) is 0 Å². The minimum absolute atomic E-state index is 0.253. The molecule has 0 spiro atoms. The van der Waals surface area contributed by atoms with Gasteiger partial charge in [-0.25, -0.2) is 0 Å². The lowest BCUT2D eigenvalue weighted by Gasteiger charge is -2.16. The Morgan fingerprint density at radius 1 is 1.38 bits per heavy atom. The Hall–Kier alpha value is -1.31. The zero-order valence-corrected chi connectivity index (χ0v) is 9.78. The normalized spacial score (nSPS) is 16.8. The lowest BCUT2D eigenvalue weighted by Crippen LogP contribution is -2.36. The van der Waals surface area contributed by atoms with Gasteiger partial charge in [0.1, 0.15) is 0 Å². The van der Waals surface area contributed by atoms with Crippen molar-refractivity contribution in [3.63, 3.8) is 0 Å². The quantitative estimate of drug-likeness (QED) is 0.806. The highest BCUT2D eigenvalue weighted by molar-refractivity contribution is 5.81. The molecule has 0 aromatic heterocycles. The molecule has 0 saturated heterocycles. The Kier molecular flexibility index (Phi) is 3.60. The van der Waals surface area contributed by atoms with Crippen molar-refractivity contribution in [2.24, 2.45) is 5.92 Å². The molecule has 0 bridgehead atoms. The lowest BCUT2D eigenvalue weighted by atomic mass is 10.0. The van der Waals surface area contributed by atoms with E-state index < -0.39 is 0 Å². The number of hydrogen-bond acceptors (Lipinski definition) is 1. The standard InChI is InChI=1S/C14H19NO/c1-2-13(15-14(16)12-8-9-12)10-11-6-4-3-5-7-11/h3-7,12-13H,2,8-10H2,1H3,(H,15,16)/t13-/m1/s1. The molecule has 2 rings (SSSR count). The van der Waals surface area contributed by atoms with E-state index in [9.17, 15) is 4.79 Å². The molecule has 0 aliphatic heterocycles. The Morgan fingerprint density at radius 2 is 2.06 bits per heavy atom. The average Bonchev–Trinajstić information content (AvgIpc) is 3.13. The van der Waals surface area contributed by atoms with E-state index in [0.29, 0.717) is 5.92 Å². The van der Waals surface area contributed by atoms with Gasteiger partial charge in [-0.1, -0.05) is 37.3 Å². The Morgan fingerprint density at radius 3 is 2.62 bits per heavy atom. The SMILES string of the molecule is CC[C@H](Cc1ccccc1)NC(=O)C1CC1. The smallest absolute Gasteiger partial charge is 0.223 e. The van der Waals surface area contributed by atoms with E-state index in [-0.39, 0.29) is 11.9 Å². The highest BCUT2D eigenvalue weighted by atomic mass is 16.2. The summed E-state index contributed by atoms with van der Waals surface area (Å²) in [6.45, 7) is 2.13. The molecule has 1 N–H and O–H groups in total. The van der Waals surface area contributed by atoms with Crippen LogP contribution in [0.15, 0.2) is 30.3 Å². The fraction of sp³-hybridized carbons (Fsp3) is 0.500. The summed E-state index contributed by atoms with van der Waals surface area (Å²) in [7, 11) is 0. The molecule has 1 aromatic rings. The van der Waals surface area contributed by atoms with E-state index in [4.69, 9.17) is 0 Å². The summed E-state index contributed by atoms with van der Waals surface area (Å²) >= 11 is 0. The number of nitrogens with one attached hydrogen (secondary N) is 1. The first-order valence-corrected chi connectivity index (χ1v) is 6.14. The fourth-order valence-electron chi connectivity index (χ4n) is 1.86. The van der Waals surface area contributed by atoms with Gasteiger partial charge in [-0.15, -0.1) is 0 Å². The molecule has 2 heteroatoms. The molecular formula is C14H19NO.